The van der Waals surface area contributed by atoms with E-state index in [9.17, 15) is 77.2 Å². The maximum atomic E-state index is 14.4. The molecule has 32 nitrogen and oxygen atoms in total. The Labute approximate surface area is 643 Å². The lowest BCUT2D eigenvalue weighted by Gasteiger charge is -2.33. The van der Waals surface area contributed by atoms with Crippen molar-refractivity contribution in [3.63, 3.8) is 0 Å². The van der Waals surface area contributed by atoms with Gasteiger partial charge in [-0.25, -0.2) is 4.79 Å². The Morgan fingerprint density at radius 1 is 0.486 bits per heavy atom. The number of nitro groups is 1. The van der Waals surface area contributed by atoms with Gasteiger partial charge in [-0.05, 0) is 198 Å². The number of nitrogens with one attached hydrogen (secondary N) is 13. The number of carbonyl (C=O) groups excluding carboxylic acids is 14. The highest BCUT2D eigenvalue weighted by Crippen LogP contribution is 2.34. The summed E-state index contributed by atoms with van der Waals surface area (Å²) in [4.78, 5) is 202. The summed E-state index contributed by atoms with van der Waals surface area (Å²) in [6, 6.07) is 11.0. The molecule has 34 heteroatoms. The van der Waals surface area contributed by atoms with E-state index in [4.69, 9.17) is 4.74 Å². The highest BCUT2D eigenvalue weighted by atomic mass is 33.1. The largest absolute Gasteiger partial charge is 0.467 e. The van der Waals surface area contributed by atoms with E-state index in [0.717, 1.165) is 36.5 Å². The zero-order valence-corrected chi connectivity index (χ0v) is 66.9. The summed E-state index contributed by atoms with van der Waals surface area (Å²) in [6.45, 7) is 25.4. The molecule has 6 atom stereocenters. The maximum absolute atomic E-state index is 14.4. The quantitative estimate of drug-likeness (QED) is 0.0103. The van der Waals surface area contributed by atoms with E-state index < -0.39 is 157 Å². The average Bonchev–Trinajstić information content (AvgIpc) is 1.10. The Morgan fingerprint density at radius 3 is 1.17 bits per heavy atom. The van der Waals surface area contributed by atoms with Crippen LogP contribution in [-0.4, -0.2) is 196 Å². The summed E-state index contributed by atoms with van der Waals surface area (Å²) in [5, 5.41) is 45.1. The van der Waals surface area contributed by atoms with Gasteiger partial charge in [0.2, 0.25) is 70.9 Å². The molecule has 0 aromatic heterocycles. The van der Waals surface area contributed by atoms with Gasteiger partial charge in [-0.3, -0.25) is 72.4 Å². The van der Waals surface area contributed by atoms with Crippen molar-refractivity contribution < 1.29 is 76.8 Å². The molecule has 0 aliphatic carbocycles. The van der Waals surface area contributed by atoms with Gasteiger partial charge in [-0.1, -0.05) is 45.3 Å². The molecule has 0 radical (unpaired) electrons. The van der Waals surface area contributed by atoms with Crippen LogP contribution < -0.4 is 74.0 Å². The molecule has 4 rings (SSSR count). The van der Waals surface area contributed by atoms with Gasteiger partial charge < -0.3 is 78.8 Å². The summed E-state index contributed by atoms with van der Waals surface area (Å²) in [5.41, 5.74) is -7.60. The fourth-order valence-electron chi connectivity index (χ4n) is 9.77. The highest BCUT2D eigenvalue weighted by molar-refractivity contribution is 8.77. The molecule has 3 aromatic carbocycles. The molecule has 1 saturated heterocycles. The Morgan fingerprint density at radius 2 is 0.807 bits per heavy atom. The predicted octanol–water partition coefficient (Wildman–Crippen LogP) is 1.92. The lowest BCUT2D eigenvalue weighted by Crippen LogP contribution is -2.65. The third-order valence-corrected chi connectivity index (χ3v) is 19.8. The zero-order chi connectivity index (χ0) is 82.5. The van der Waals surface area contributed by atoms with E-state index in [2.05, 4.69) is 105 Å². The molecule has 0 saturated carbocycles. The minimum atomic E-state index is -1.89. The second-order valence-electron chi connectivity index (χ2n) is 29.5. The lowest BCUT2D eigenvalue weighted by atomic mass is 9.99. The van der Waals surface area contributed by atoms with Crippen LogP contribution in [0.2, 0.25) is 0 Å². The predicted molar refractivity (Wildman–Crippen MR) is 412 cm³/mol. The molecule has 109 heavy (non-hydrogen) atoms. The summed E-state index contributed by atoms with van der Waals surface area (Å²) in [6.07, 6.45) is -0.375. The number of nitro benzene ring substituents is 1. The molecule has 592 valence electrons. The van der Waals surface area contributed by atoms with Gasteiger partial charge in [0.05, 0.1) is 18.0 Å². The van der Waals surface area contributed by atoms with Gasteiger partial charge >= 0.3 is 5.97 Å². The lowest BCUT2D eigenvalue weighted by molar-refractivity contribution is -0.385. The SMILES string of the molecule is CCN(C)c1ccc(C#Cc2ccc(C#Cc3ccc([N+](=O)[O-])c(C(=O)NCCCC(NC(=O)C(C)(C)NC(=O)C(C)NC(=O)C(C)(C)NC(=O)C(C)NC(=O)C(C)(C)NC(=O)C(C)NC(=O)C(C)(C)NC(=O)C(C)NC(=O)C4CSSC4)C(=O)NC(C)(C)C(=O)NC(C)C(=O)NC(C)(C)C(=O)OC)c3)cc2)cc1. The van der Waals surface area contributed by atoms with E-state index in [1.807, 2.05) is 31.3 Å². The fraction of sp³-hybridized carbons (Fsp3) is 0.520. The zero-order valence-electron chi connectivity index (χ0n) is 65.3. The van der Waals surface area contributed by atoms with Gasteiger partial charge in [-0.15, -0.1) is 0 Å². The van der Waals surface area contributed by atoms with E-state index in [0.29, 0.717) is 17.1 Å². The smallest absolute Gasteiger partial charge is 0.330 e. The van der Waals surface area contributed by atoms with E-state index in [-0.39, 0.29) is 42.3 Å². The van der Waals surface area contributed by atoms with E-state index in [1.165, 1.54) is 130 Å². The summed E-state index contributed by atoms with van der Waals surface area (Å²) >= 11 is 0. The number of methoxy groups -OCH3 is 1. The van der Waals surface area contributed by atoms with Gasteiger partial charge in [0.1, 0.15) is 75.0 Å². The third kappa shape index (κ3) is 27.2. The van der Waals surface area contributed by atoms with Crippen LogP contribution in [0.3, 0.4) is 0 Å². The first-order valence-electron chi connectivity index (χ1n) is 35.1. The van der Waals surface area contributed by atoms with E-state index in [1.54, 1.807) is 45.9 Å². The molecular weight excluding hydrogens is 1450 g/mol. The molecule has 1 aliphatic heterocycles. The van der Waals surface area contributed by atoms with Gasteiger partial charge in [-0.2, -0.15) is 0 Å². The second-order valence-corrected chi connectivity index (χ2v) is 32.1. The average molecular weight is 1550 g/mol. The fourth-order valence-corrected chi connectivity index (χ4v) is 12.5. The molecule has 1 fully saturated rings. The van der Waals surface area contributed by atoms with Crippen LogP contribution in [0.15, 0.2) is 66.7 Å². The standard InChI is InChI=1S/C75H103N15O17S2/c1-21-89(19)52-35-32-49(33-36-52)29-28-47-24-26-48(27-25-47)30-31-50-34-37-55(90(105)106)53(39-50)62(97)76-38-22-23-54(63(98)88-73(13,14)67(102)81-46(6)60(95)87-75(17,18)69(104)107-20)82-68(103)74(15,16)86-59(94)45(5)80-66(101)72(11,12)85-58(93)44(4)79-65(100)71(9,10)84-57(92)43(3)78-64(99)70(7,8)83-56(91)42(2)77-61(96)51-40-108-109-41-51/h24-27,32-37,39,42-46,51,54H,21-23,38,40-41H2,1-20H3,(H,76,97)(H,77,96)(H,78,99)(H,79,100)(H,80,101)(H,81,102)(H,82,103)(H,83,91)(H,84,92)(H,85,93)(H,86,94)(H,87,95)(H,88,98). The van der Waals surface area contributed by atoms with Crippen LogP contribution in [0.4, 0.5) is 11.4 Å². The van der Waals surface area contributed by atoms with Gasteiger partial charge in [0.15, 0.2) is 0 Å². The highest BCUT2D eigenvalue weighted by Gasteiger charge is 2.42. The molecular formula is C75H103N15O17S2. The van der Waals surface area contributed by atoms with Crippen molar-refractivity contribution in [1.82, 2.24) is 69.1 Å². The number of benzene rings is 3. The van der Waals surface area contributed by atoms with Crippen LogP contribution in [0.25, 0.3) is 0 Å². The molecule has 6 unspecified atom stereocenters. The van der Waals surface area contributed by atoms with Crippen molar-refractivity contribution in [2.45, 2.75) is 207 Å². The third-order valence-electron chi connectivity index (χ3n) is 17.2. The number of carbonyl (C=O) groups is 14. The van der Waals surface area contributed by atoms with Crippen molar-refractivity contribution >= 4 is 116 Å². The van der Waals surface area contributed by atoms with Crippen molar-refractivity contribution in [3.05, 3.63) is 105 Å². The monoisotopic (exact) mass is 1550 g/mol. The van der Waals surface area contributed by atoms with E-state index >= 15 is 0 Å². The number of nitrogens with zero attached hydrogens (tertiary/aromatic N) is 2. The number of ether oxygens (including phenoxy) is 1. The number of rotatable bonds is 33. The van der Waals surface area contributed by atoms with Crippen molar-refractivity contribution in [3.8, 4) is 23.7 Å². The minimum Gasteiger partial charge on any atom is -0.467 e. The number of anilines is 1. The van der Waals surface area contributed by atoms with Crippen LogP contribution in [-0.2, 0) is 67.1 Å². The first kappa shape index (κ1) is 90.7. The number of amides is 13. The first-order chi connectivity index (χ1) is 50.5. The van der Waals surface area contributed by atoms with Crippen LogP contribution in [0, 0.1) is 39.7 Å². The summed E-state index contributed by atoms with van der Waals surface area (Å²) in [5.74, 6) is 1.85. The van der Waals surface area contributed by atoms with Gasteiger partial charge in [0, 0.05) is 65.7 Å². The molecule has 1 heterocycles. The normalized spacial score (nSPS) is 14.1. The maximum Gasteiger partial charge on any atom is 0.330 e. The second kappa shape index (κ2) is 38.9. The molecule has 0 bridgehead atoms. The van der Waals surface area contributed by atoms with Crippen LogP contribution in [0.5, 0.6) is 0 Å². The molecule has 1 aliphatic rings. The van der Waals surface area contributed by atoms with Crippen molar-refractivity contribution in [2.24, 2.45) is 5.92 Å². The Hall–Kier alpha value is -10.7. The van der Waals surface area contributed by atoms with Crippen LogP contribution in [0.1, 0.15) is 170 Å². The molecule has 0 spiro atoms. The Kier molecular flexibility index (Phi) is 32.3. The molecule has 13 amide bonds. The molecule has 3 aromatic rings. The summed E-state index contributed by atoms with van der Waals surface area (Å²) in [7, 11) is 6.24. The number of hydrogen-bond donors (Lipinski definition) is 13. The topological polar surface area (TPSA) is 451 Å². The summed E-state index contributed by atoms with van der Waals surface area (Å²) < 4.78 is 4.75. The van der Waals surface area contributed by atoms with Crippen molar-refractivity contribution in [1.29, 1.82) is 0 Å². The van der Waals surface area contributed by atoms with Gasteiger partial charge in [0.25, 0.3) is 11.6 Å². The first-order valence-corrected chi connectivity index (χ1v) is 37.6. The number of esters is 1. The minimum absolute atomic E-state index is 0.0971. The Bertz CT molecular complexity index is 4080. The van der Waals surface area contributed by atoms with Crippen molar-refractivity contribution in [2.75, 3.05) is 43.7 Å². The Balaban J connectivity index is 1.42. The van der Waals surface area contributed by atoms with Crippen LogP contribution >= 0.6 is 21.6 Å². The number of hydrogen-bond acceptors (Lipinski definition) is 20. The molecule has 13 N–H and O–H groups in total.